The van der Waals surface area contributed by atoms with E-state index in [-0.39, 0.29) is 23.1 Å². The van der Waals surface area contributed by atoms with E-state index < -0.39 is 16.1 Å². The molecule has 176 valence electrons. The van der Waals surface area contributed by atoms with Crippen molar-refractivity contribution in [1.82, 2.24) is 14.5 Å². The van der Waals surface area contributed by atoms with Gasteiger partial charge in [0.1, 0.15) is 11.6 Å². The number of aromatic nitrogens is 3. The summed E-state index contributed by atoms with van der Waals surface area (Å²) in [5.41, 5.74) is 3.20. The molecule has 0 aliphatic heterocycles. The molecule has 3 aromatic rings. The second kappa shape index (κ2) is 9.72. The van der Waals surface area contributed by atoms with Crippen LogP contribution in [0.3, 0.4) is 0 Å². The average Bonchev–Trinajstić information content (AvgIpc) is 2.73. The molecule has 0 aliphatic rings. The largest absolute Gasteiger partial charge is 0.424 e. The van der Waals surface area contributed by atoms with Crippen LogP contribution in [0.25, 0.3) is 11.3 Å². The number of benzene rings is 1. The zero-order valence-corrected chi connectivity index (χ0v) is 20.4. The van der Waals surface area contributed by atoms with Crippen molar-refractivity contribution in [3.8, 4) is 23.0 Å². The van der Waals surface area contributed by atoms with Gasteiger partial charge in [-0.15, -0.1) is 0 Å². The fraction of sp³-hybridized carbons (Fsp3) is 0.348. The lowest BCUT2D eigenvalue weighted by atomic mass is 10.1. The van der Waals surface area contributed by atoms with Gasteiger partial charge in [-0.25, -0.2) is 8.42 Å². The van der Waals surface area contributed by atoms with Gasteiger partial charge < -0.3 is 14.0 Å². The Morgan fingerprint density at radius 2 is 1.76 bits per heavy atom. The highest BCUT2D eigenvalue weighted by Gasteiger charge is 2.19. The Balaban J connectivity index is 2.10. The number of ether oxygens (including phenoxy) is 2. The van der Waals surface area contributed by atoms with Crippen molar-refractivity contribution in [2.45, 2.75) is 33.8 Å². The Morgan fingerprint density at radius 3 is 2.36 bits per heavy atom. The molecule has 9 nitrogen and oxygen atoms in total. The molecule has 0 radical (unpaired) electrons. The van der Waals surface area contributed by atoms with Gasteiger partial charge in [0.25, 0.3) is 5.56 Å². The minimum absolute atomic E-state index is 0.0195. The predicted molar refractivity (Wildman–Crippen MR) is 127 cm³/mol. The number of nitrogens with zero attached hydrogens (tertiary/aromatic N) is 3. The van der Waals surface area contributed by atoms with Crippen LogP contribution in [-0.4, -0.2) is 41.9 Å². The van der Waals surface area contributed by atoms with Crippen LogP contribution in [0.5, 0.6) is 11.8 Å². The van der Waals surface area contributed by atoms with Crippen molar-refractivity contribution in [2.75, 3.05) is 17.6 Å². The molecule has 0 amide bonds. The third-order valence-electron chi connectivity index (χ3n) is 5.08. The van der Waals surface area contributed by atoms with Gasteiger partial charge in [0.2, 0.25) is 10.0 Å². The number of sulfonamides is 1. The van der Waals surface area contributed by atoms with E-state index in [2.05, 4.69) is 14.7 Å². The lowest BCUT2D eigenvalue weighted by Gasteiger charge is -2.15. The molecule has 1 N–H and O–H groups in total. The molecule has 0 fully saturated rings. The second-order valence-electron chi connectivity index (χ2n) is 8.00. The number of anilines is 1. The highest BCUT2D eigenvalue weighted by Crippen LogP contribution is 2.29. The number of pyridine rings is 1. The van der Waals surface area contributed by atoms with Crippen LogP contribution in [0, 0.1) is 20.8 Å². The van der Waals surface area contributed by atoms with Gasteiger partial charge in [0.15, 0.2) is 0 Å². The van der Waals surface area contributed by atoms with E-state index in [4.69, 9.17) is 9.47 Å². The van der Waals surface area contributed by atoms with Crippen LogP contribution in [0.1, 0.15) is 23.6 Å². The van der Waals surface area contributed by atoms with Crippen LogP contribution in [0.4, 0.5) is 5.82 Å². The predicted octanol–water partition coefficient (Wildman–Crippen LogP) is 3.34. The van der Waals surface area contributed by atoms with E-state index in [1.165, 1.54) is 17.7 Å². The van der Waals surface area contributed by atoms with Crippen molar-refractivity contribution in [2.24, 2.45) is 7.05 Å². The first-order valence-corrected chi connectivity index (χ1v) is 12.0. The first-order chi connectivity index (χ1) is 15.5. The third kappa shape index (κ3) is 5.96. The fourth-order valence-corrected chi connectivity index (χ4v) is 4.58. The van der Waals surface area contributed by atoms with E-state index in [9.17, 15) is 13.2 Å². The fourth-order valence-electron chi connectivity index (χ4n) is 3.32. The maximum absolute atomic E-state index is 12.6. The van der Waals surface area contributed by atoms with Crippen LogP contribution in [0.2, 0.25) is 0 Å². The smallest absolute Gasteiger partial charge is 0.324 e. The van der Waals surface area contributed by atoms with E-state index in [0.717, 1.165) is 11.1 Å². The molecule has 0 spiro atoms. The number of aryl methyl sites for hydroxylation is 4. The number of para-hydroxylation sites is 1. The Kier molecular flexibility index (Phi) is 7.19. The van der Waals surface area contributed by atoms with Gasteiger partial charge in [-0.3, -0.25) is 9.52 Å². The van der Waals surface area contributed by atoms with Crippen LogP contribution in [-0.2, 0) is 21.8 Å². The van der Waals surface area contributed by atoms with Gasteiger partial charge in [0.05, 0.1) is 17.6 Å². The summed E-state index contributed by atoms with van der Waals surface area (Å²) in [5.74, 6) is 0.402. The standard InChI is InChI=1S/C23H28N4O5S/c1-14-8-7-9-15(2)21(14)32-23-24-19(18-10-16(3)22(28)27(5)12-18)11-20(25-23)26-33(29,30)13-17(4)31-6/h7-12,17H,13H2,1-6H3,(H,24,25,26). The van der Waals surface area contributed by atoms with Gasteiger partial charge >= 0.3 is 6.01 Å². The molecular weight excluding hydrogens is 444 g/mol. The van der Waals surface area contributed by atoms with Crippen molar-refractivity contribution < 1.29 is 17.9 Å². The Morgan fingerprint density at radius 1 is 1.09 bits per heavy atom. The van der Waals surface area contributed by atoms with Crippen molar-refractivity contribution in [1.29, 1.82) is 0 Å². The Labute approximate surface area is 193 Å². The van der Waals surface area contributed by atoms with E-state index in [1.807, 2.05) is 32.0 Å². The van der Waals surface area contributed by atoms with Gasteiger partial charge in [-0.2, -0.15) is 9.97 Å². The summed E-state index contributed by atoms with van der Waals surface area (Å²) in [6.07, 6.45) is 1.13. The Bertz CT molecular complexity index is 1290. The Hall–Kier alpha value is -3.24. The summed E-state index contributed by atoms with van der Waals surface area (Å²) >= 11 is 0. The molecule has 0 saturated carbocycles. The number of nitrogens with one attached hydrogen (secondary N) is 1. The first kappa shape index (κ1) is 24.4. The van der Waals surface area contributed by atoms with Gasteiger partial charge in [-0.05, 0) is 44.9 Å². The molecule has 3 rings (SSSR count). The second-order valence-corrected chi connectivity index (χ2v) is 9.77. The topological polar surface area (TPSA) is 112 Å². The molecule has 10 heteroatoms. The number of hydrogen-bond acceptors (Lipinski definition) is 7. The summed E-state index contributed by atoms with van der Waals surface area (Å²) < 4.78 is 40.2. The van der Waals surface area contributed by atoms with Crippen LogP contribution < -0.4 is 15.0 Å². The molecule has 2 aromatic heterocycles. The normalized spacial score (nSPS) is 12.4. The molecule has 33 heavy (non-hydrogen) atoms. The minimum Gasteiger partial charge on any atom is -0.424 e. The summed E-state index contributed by atoms with van der Waals surface area (Å²) in [4.78, 5) is 20.9. The highest BCUT2D eigenvalue weighted by molar-refractivity contribution is 7.92. The van der Waals surface area contributed by atoms with E-state index >= 15 is 0 Å². The SMILES string of the molecule is COC(C)CS(=O)(=O)Nc1cc(-c2cc(C)c(=O)n(C)c2)nc(Oc2c(C)cccc2C)n1. The number of rotatable bonds is 8. The number of methoxy groups -OCH3 is 1. The first-order valence-electron chi connectivity index (χ1n) is 10.3. The zero-order chi connectivity index (χ0) is 24.3. The minimum atomic E-state index is -3.75. The monoisotopic (exact) mass is 472 g/mol. The summed E-state index contributed by atoms with van der Waals surface area (Å²) in [7, 11) is -0.661. The quantitative estimate of drug-likeness (QED) is 0.535. The van der Waals surface area contributed by atoms with E-state index in [1.54, 1.807) is 33.2 Å². The van der Waals surface area contributed by atoms with Crippen LogP contribution in [0.15, 0.2) is 41.3 Å². The maximum atomic E-state index is 12.6. The van der Waals surface area contributed by atoms with Gasteiger partial charge in [0, 0.05) is 37.5 Å². The lowest BCUT2D eigenvalue weighted by Crippen LogP contribution is -2.26. The highest BCUT2D eigenvalue weighted by atomic mass is 32.2. The third-order valence-corrected chi connectivity index (χ3v) is 6.51. The van der Waals surface area contributed by atoms with Crippen molar-refractivity contribution in [3.05, 3.63) is 63.6 Å². The number of hydrogen-bond donors (Lipinski definition) is 1. The maximum Gasteiger partial charge on any atom is 0.324 e. The molecule has 0 saturated heterocycles. The zero-order valence-electron chi connectivity index (χ0n) is 19.5. The molecule has 1 unspecified atom stereocenters. The molecule has 1 atom stereocenters. The molecule has 1 aromatic carbocycles. The summed E-state index contributed by atoms with van der Waals surface area (Å²) in [5, 5.41) is 0. The summed E-state index contributed by atoms with van der Waals surface area (Å²) in [6, 6.07) is 8.90. The van der Waals surface area contributed by atoms with Crippen molar-refractivity contribution in [3.63, 3.8) is 0 Å². The average molecular weight is 473 g/mol. The molecular formula is C23H28N4O5S. The van der Waals surface area contributed by atoms with Gasteiger partial charge in [-0.1, -0.05) is 18.2 Å². The van der Waals surface area contributed by atoms with Crippen LogP contribution >= 0.6 is 0 Å². The molecule has 0 aliphatic carbocycles. The lowest BCUT2D eigenvalue weighted by molar-refractivity contribution is 0.136. The molecule has 2 heterocycles. The molecule has 0 bridgehead atoms. The van der Waals surface area contributed by atoms with Crippen molar-refractivity contribution >= 4 is 15.8 Å². The van der Waals surface area contributed by atoms with E-state index in [0.29, 0.717) is 22.6 Å². The summed E-state index contributed by atoms with van der Waals surface area (Å²) in [6.45, 7) is 7.17.